The number of fused-ring (bicyclic) bond motifs is 1. The van der Waals surface area contributed by atoms with Crippen LogP contribution in [0.15, 0.2) is 29.6 Å². The molecule has 0 amide bonds. The topological polar surface area (TPSA) is 38.9 Å². The van der Waals surface area contributed by atoms with Crippen LogP contribution in [-0.4, -0.2) is 4.98 Å². The third-order valence-corrected chi connectivity index (χ3v) is 5.33. The summed E-state index contributed by atoms with van der Waals surface area (Å²) in [6, 6.07) is 8.77. The van der Waals surface area contributed by atoms with Gasteiger partial charge >= 0.3 is 0 Å². The first-order chi connectivity index (χ1) is 9.95. The standard InChI is InChI=1S/C18H24N2S/c1-18(2,3)15-11-21-16(20-15)10-13-9-8-12-6-4-5-7-14(12)17(13)19/h4-7,11,13,17H,8-10,19H2,1-3H3. The van der Waals surface area contributed by atoms with Gasteiger partial charge in [-0.05, 0) is 29.9 Å². The van der Waals surface area contributed by atoms with E-state index in [-0.39, 0.29) is 11.5 Å². The van der Waals surface area contributed by atoms with E-state index in [1.807, 2.05) is 0 Å². The average Bonchev–Trinajstić information content (AvgIpc) is 2.91. The zero-order valence-corrected chi connectivity index (χ0v) is 13.9. The molecule has 3 rings (SSSR count). The van der Waals surface area contributed by atoms with E-state index in [2.05, 4.69) is 50.4 Å². The molecule has 21 heavy (non-hydrogen) atoms. The van der Waals surface area contributed by atoms with Gasteiger partial charge in [0.2, 0.25) is 0 Å². The number of rotatable bonds is 2. The highest BCUT2D eigenvalue weighted by Crippen LogP contribution is 2.35. The molecule has 2 N–H and O–H groups in total. The van der Waals surface area contributed by atoms with Crippen molar-refractivity contribution < 1.29 is 0 Å². The lowest BCUT2D eigenvalue weighted by molar-refractivity contribution is 0.375. The summed E-state index contributed by atoms with van der Waals surface area (Å²) >= 11 is 1.79. The molecule has 0 saturated carbocycles. The summed E-state index contributed by atoms with van der Waals surface area (Å²) in [7, 11) is 0. The quantitative estimate of drug-likeness (QED) is 0.900. The van der Waals surface area contributed by atoms with Crippen molar-refractivity contribution in [1.82, 2.24) is 4.98 Å². The molecule has 1 aliphatic rings. The van der Waals surface area contributed by atoms with Crippen molar-refractivity contribution in [2.45, 2.75) is 51.5 Å². The van der Waals surface area contributed by atoms with Gasteiger partial charge in [0.15, 0.2) is 0 Å². The van der Waals surface area contributed by atoms with Crippen LogP contribution >= 0.6 is 11.3 Å². The predicted molar refractivity (Wildman–Crippen MR) is 89.7 cm³/mol. The van der Waals surface area contributed by atoms with E-state index in [1.165, 1.54) is 28.2 Å². The van der Waals surface area contributed by atoms with Crippen LogP contribution in [0, 0.1) is 5.92 Å². The number of thiazole rings is 1. The van der Waals surface area contributed by atoms with E-state index in [1.54, 1.807) is 11.3 Å². The van der Waals surface area contributed by atoms with Gasteiger partial charge in [-0.25, -0.2) is 4.98 Å². The Bertz CT molecular complexity index is 624. The third-order valence-electron chi connectivity index (χ3n) is 4.46. The number of hydrogen-bond acceptors (Lipinski definition) is 3. The van der Waals surface area contributed by atoms with Gasteiger partial charge in [-0.1, -0.05) is 45.0 Å². The lowest BCUT2D eigenvalue weighted by atomic mass is 9.79. The summed E-state index contributed by atoms with van der Waals surface area (Å²) in [6.45, 7) is 6.65. The minimum Gasteiger partial charge on any atom is -0.324 e. The molecule has 0 bridgehead atoms. The molecule has 0 saturated heterocycles. The van der Waals surface area contributed by atoms with Crippen molar-refractivity contribution in [1.29, 1.82) is 0 Å². The molecule has 2 nitrogen and oxygen atoms in total. The number of aryl methyl sites for hydroxylation is 1. The van der Waals surface area contributed by atoms with Crippen molar-refractivity contribution in [3.63, 3.8) is 0 Å². The first-order valence-electron chi connectivity index (χ1n) is 7.73. The molecule has 0 aliphatic heterocycles. The molecule has 0 fully saturated rings. The summed E-state index contributed by atoms with van der Waals surface area (Å²) in [5, 5.41) is 3.44. The van der Waals surface area contributed by atoms with Gasteiger partial charge in [0.25, 0.3) is 0 Å². The molecule has 2 aromatic rings. The molecule has 3 heteroatoms. The van der Waals surface area contributed by atoms with Crippen LogP contribution in [0.3, 0.4) is 0 Å². The molecule has 1 aromatic heterocycles. The average molecular weight is 300 g/mol. The fourth-order valence-electron chi connectivity index (χ4n) is 3.06. The summed E-state index contributed by atoms with van der Waals surface area (Å²) in [5.74, 6) is 0.513. The third kappa shape index (κ3) is 3.04. The largest absolute Gasteiger partial charge is 0.324 e. The monoisotopic (exact) mass is 300 g/mol. The van der Waals surface area contributed by atoms with E-state index in [0.717, 1.165) is 12.8 Å². The number of nitrogens with zero attached hydrogens (tertiary/aromatic N) is 1. The lowest BCUT2D eigenvalue weighted by Crippen LogP contribution is -2.28. The second-order valence-electron chi connectivity index (χ2n) is 7.10. The SMILES string of the molecule is CC(C)(C)c1csc(CC2CCc3ccccc3C2N)n1. The molecular weight excluding hydrogens is 276 g/mol. The van der Waals surface area contributed by atoms with E-state index in [4.69, 9.17) is 10.7 Å². The molecule has 1 aliphatic carbocycles. The first kappa shape index (κ1) is 14.7. The first-order valence-corrected chi connectivity index (χ1v) is 8.61. The Morgan fingerprint density at radius 3 is 2.76 bits per heavy atom. The van der Waals surface area contributed by atoms with Crippen molar-refractivity contribution in [3.8, 4) is 0 Å². The second kappa shape index (κ2) is 5.54. The van der Waals surface area contributed by atoms with Gasteiger partial charge in [0.1, 0.15) is 0 Å². The summed E-state index contributed by atoms with van der Waals surface area (Å²) in [4.78, 5) is 4.83. The molecule has 2 atom stereocenters. The van der Waals surface area contributed by atoms with Gasteiger partial charge in [0, 0.05) is 23.3 Å². The maximum atomic E-state index is 6.51. The van der Waals surface area contributed by atoms with Crippen LogP contribution in [0.5, 0.6) is 0 Å². The smallest absolute Gasteiger partial charge is 0.0931 e. The van der Waals surface area contributed by atoms with Crippen LogP contribution < -0.4 is 5.73 Å². The Kier molecular flexibility index (Phi) is 3.89. The van der Waals surface area contributed by atoms with E-state index < -0.39 is 0 Å². The minimum absolute atomic E-state index is 0.135. The van der Waals surface area contributed by atoms with E-state index in [0.29, 0.717) is 5.92 Å². The summed E-state index contributed by atoms with van der Waals surface area (Å²) < 4.78 is 0. The highest BCUT2D eigenvalue weighted by atomic mass is 32.1. The Morgan fingerprint density at radius 1 is 1.29 bits per heavy atom. The second-order valence-corrected chi connectivity index (χ2v) is 8.05. The highest BCUT2D eigenvalue weighted by Gasteiger charge is 2.27. The molecule has 2 unspecified atom stereocenters. The maximum Gasteiger partial charge on any atom is 0.0931 e. The number of nitrogens with two attached hydrogens (primary N) is 1. The minimum atomic E-state index is 0.135. The summed E-state index contributed by atoms with van der Waals surface area (Å²) in [6.07, 6.45) is 3.32. The normalized spacial score (nSPS) is 22.1. The van der Waals surface area contributed by atoms with Crippen molar-refractivity contribution in [2.75, 3.05) is 0 Å². The molecule has 1 heterocycles. The Morgan fingerprint density at radius 2 is 2.05 bits per heavy atom. The van der Waals surface area contributed by atoms with Crippen molar-refractivity contribution in [2.24, 2.45) is 11.7 Å². The van der Waals surface area contributed by atoms with Gasteiger partial charge in [-0.2, -0.15) is 0 Å². The van der Waals surface area contributed by atoms with Gasteiger partial charge in [-0.3, -0.25) is 0 Å². The number of hydrogen-bond donors (Lipinski definition) is 1. The zero-order valence-electron chi connectivity index (χ0n) is 13.1. The van der Waals surface area contributed by atoms with Gasteiger partial charge in [0.05, 0.1) is 10.7 Å². The van der Waals surface area contributed by atoms with Crippen LogP contribution in [0.25, 0.3) is 0 Å². The predicted octanol–water partition coefficient (Wildman–Crippen LogP) is 4.25. The molecular formula is C18H24N2S. The van der Waals surface area contributed by atoms with Crippen molar-refractivity contribution in [3.05, 3.63) is 51.5 Å². The Balaban J connectivity index is 1.76. The summed E-state index contributed by atoms with van der Waals surface area (Å²) in [5.41, 5.74) is 10.6. The number of benzene rings is 1. The molecule has 0 spiro atoms. The lowest BCUT2D eigenvalue weighted by Gasteiger charge is -2.30. The van der Waals surface area contributed by atoms with Crippen LogP contribution in [-0.2, 0) is 18.3 Å². The van der Waals surface area contributed by atoms with Crippen LogP contribution in [0.4, 0.5) is 0 Å². The Labute approximate surface area is 131 Å². The Hall–Kier alpha value is -1.19. The van der Waals surface area contributed by atoms with Gasteiger partial charge in [-0.15, -0.1) is 11.3 Å². The maximum absolute atomic E-state index is 6.51. The fourth-order valence-corrected chi connectivity index (χ4v) is 4.18. The van der Waals surface area contributed by atoms with Crippen molar-refractivity contribution >= 4 is 11.3 Å². The number of aromatic nitrogens is 1. The zero-order chi connectivity index (χ0) is 15.0. The molecule has 0 radical (unpaired) electrons. The van der Waals surface area contributed by atoms with E-state index >= 15 is 0 Å². The van der Waals surface area contributed by atoms with Gasteiger partial charge < -0.3 is 5.73 Å². The molecule has 1 aromatic carbocycles. The van der Waals surface area contributed by atoms with E-state index in [9.17, 15) is 0 Å². The van der Waals surface area contributed by atoms with Crippen LogP contribution in [0.2, 0.25) is 0 Å². The van der Waals surface area contributed by atoms with Crippen LogP contribution in [0.1, 0.15) is 55.1 Å². The molecule has 112 valence electrons. The highest BCUT2D eigenvalue weighted by molar-refractivity contribution is 7.09. The fraction of sp³-hybridized carbons (Fsp3) is 0.500.